The van der Waals surface area contributed by atoms with E-state index in [4.69, 9.17) is 11.5 Å². The Hall–Kier alpha value is 0.270. The van der Waals surface area contributed by atoms with Gasteiger partial charge in [-0.1, -0.05) is 13.8 Å². The molecule has 0 aromatic heterocycles. The van der Waals surface area contributed by atoms with Crippen molar-refractivity contribution in [3.63, 3.8) is 0 Å². The maximum Gasteiger partial charge on any atom is 0.0127 e. The fraction of sp³-hybridized carbons (Fsp3) is 1.00. The van der Waals surface area contributed by atoms with Gasteiger partial charge in [0.05, 0.1) is 0 Å². The highest BCUT2D eigenvalue weighted by atomic mass is 32.2. The Bertz CT molecular complexity index is 78.2. The van der Waals surface area contributed by atoms with Crippen molar-refractivity contribution in [1.29, 1.82) is 0 Å². The van der Waals surface area contributed by atoms with Gasteiger partial charge in [0.1, 0.15) is 0 Å². The van der Waals surface area contributed by atoms with Crippen molar-refractivity contribution in [1.82, 2.24) is 0 Å². The topological polar surface area (TPSA) is 52.0 Å². The van der Waals surface area contributed by atoms with Crippen molar-refractivity contribution in [2.45, 2.75) is 38.8 Å². The Balaban J connectivity index is 3.13. The zero-order chi connectivity index (χ0) is 8.69. The summed E-state index contributed by atoms with van der Waals surface area (Å²) in [6, 6.07) is 0.702. The van der Waals surface area contributed by atoms with Crippen molar-refractivity contribution < 1.29 is 0 Å². The first-order valence-corrected chi connectivity index (χ1v) is 5.45. The maximum atomic E-state index is 5.74. The smallest absolute Gasteiger partial charge is 0.0127 e. The van der Waals surface area contributed by atoms with E-state index in [-0.39, 0.29) is 0 Å². The summed E-state index contributed by atoms with van der Waals surface area (Å²) in [5.41, 5.74) is 11.5. The Morgan fingerprint density at radius 2 is 1.36 bits per heavy atom. The second-order valence-electron chi connectivity index (χ2n) is 2.87. The standard InChI is InChI=1S/C8H20N2S/c1-3-7(9)5-11-6-8(10)4-2/h7-8H,3-6,9-10H2,1-2H3. The number of thioether (sulfide) groups is 1. The number of hydrogen-bond donors (Lipinski definition) is 2. The predicted molar refractivity (Wildman–Crippen MR) is 53.9 cm³/mol. The van der Waals surface area contributed by atoms with Crippen LogP contribution in [0.25, 0.3) is 0 Å². The highest BCUT2D eigenvalue weighted by Crippen LogP contribution is 2.06. The van der Waals surface area contributed by atoms with Gasteiger partial charge in [-0.05, 0) is 12.8 Å². The van der Waals surface area contributed by atoms with E-state index in [0.29, 0.717) is 12.1 Å². The third kappa shape index (κ3) is 6.66. The normalized spacial score (nSPS) is 16.4. The van der Waals surface area contributed by atoms with Crippen LogP contribution in [-0.2, 0) is 0 Å². The van der Waals surface area contributed by atoms with E-state index in [1.807, 2.05) is 11.8 Å². The van der Waals surface area contributed by atoms with Crippen LogP contribution in [0.2, 0.25) is 0 Å². The number of nitrogens with two attached hydrogens (primary N) is 2. The van der Waals surface area contributed by atoms with Crippen LogP contribution in [0.4, 0.5) is 0 Å². The molecule has 0 aromatic carbocycles. The molecule has 11 heavy (non-hydrogen) atoms. The molecule has 0 saturated carbocycles. The average molecular weight is 176 g/mol. The third-order valence-electron chi connectivity index (χ3n) is 1.71. The van der Waals surface area contributed by atoms with Crippen LogP contribution >= 0.6 is 11.8 Å². The Morgan fingerprint density at radius 1 is 1.00 bits per heavy atom. The van der Waals surface area contributed by atoms with E-state index in [9.17, 15) is 0 Å². The summed E-state index contributed by atoms with van der Waals surface area (Å²) in [5, 5.41) is 0. The van der Waals surface area contributed by atoms with E-state index in [0.717, 1.165) is 24.3 Å². The van der Waals surface area contributed by atoms with Crippen LogP contribution in [0.15, 0.2) is 0 Å². The largest absolute Gasteiger partial charge is 0.327 e. The first kappa shape index (κ1) is 11.3. The number of hydrogen-bond acceptors (Lipinski definition) is 3. The lowest BCUT2D eigenvalue weighted by molar-refractivity contribution is 0.710. The van der Waals surface area contributed by atoms with Crippen molar-refractivity contribution in [3.05, 3.63) is 0 Å². The van der Waals surface area contributed by atoms with Crippen LogP contribution in [-0.4, -0.2) is 23.6 Å². The monoisotopic (exact) mass is 176 g/mol. The highest BCUT2D eigenvalue weighted by molar-refractivity contribution is 7.99. The molecule has 4 N–H and O–H groups in total. The van der Waals surface area contributed by atoms with Crippen molar-refractivity contribution in [2.24, 2.45) is 11.5 Å². The molecule has 0 spiro atoms. The van der Waals surface area contributed by atoms with Crippen LogP contribution in [0.3, 0.4) is 0 Å². The quantitative estimate of drug-likeness (QED) is 0.639. The van der Waals surface area contributed by atoms with Crippen LogP contribution in [0, 0.1) is 0 Å². The Labute approximate surface area is 74.1 Å². The van der Waals surface area contributed by atoms with Gasteiger partial charge in [0, 0.05) is 23.6 Å². The molecule has 0 aliphatic carbocycles. The lowest BCUT2D eigenvalue weighted by Gasteiger charge is -2.10. The molecule has 2 unspecified atom stereocenters. The first-order valence-electron chi connectivity index (χ1n) is 4.29. The third-order valence-corrected chi connectivity index (χ3v) is 3.04. The zero-order valence-electron chi connectivity index (χ0n) is 7.55. The first-order chi connectivity index (χ1) is 5.20. The van der Waals surface area contributed by atoms with Gasteiger partial charge in [-0.2, -0.15) is 11.8 Å². The molecule has 0 aromatic rings. The molecule has 0 amide bonds. The van der Waals surface area contributed by atoms with E-state index >= 15 is 0 Å². The molecule has 68 valence electrons. The van der Waals surface area contributed by atoms with Gasteiger partial charge in [0.25, 0.3) is 0 Å². The van der Waals surface area contributed by atoms with Crippen LogP contribution < -0.4 is 11.5 Å². The second kappa shape index (κ2) is 6.95. The summed E-state index contributed by atoms with van der Waals surface area (Å²) in [6.07, 6.45) is 2.13. The van der Waals surface area contributed by atoms with Gasteiger partial charge in [-0.15, -0.1) is 0 Å². The van der Waals surface area contributed by atoms with Gasteiger partial charge >= 0.3 is 0 Å². The van der Waals surface area contributed by atoms with E-state index in [2.05, 4.69) is 13.8 Å². The van der Waals surface area contributed by atoms with E-state index in [1.165, 1.54) is 0 Å². The average Bonchev–Trinajstić information content (AvgIpc) is 2.04. The fourth-order valence-electron chi connectivity index (χ4n) is 0.606. The molecule has 2 nitrogen and oxygen atoms in total. The van der Waals surface area contributed by atoms with Crippen molar-refractivity contribution >= 4 is 11.8 Å². The molecule has 0 aliphatic rings. The molecule has 0 aliphatic heterocycles. The molecule has 0 saturated heterocycles. The van der Waals surface area contributed by atoms with Crippen molar-refractivity contribution in [3.8, 4) is 0 Å². The van der Waals surface area contributed by atoms with Gasteiger partial charge in [0.2, 0.25) is 0 Å². The molecule has 0 rings (SSSR count). The Kier molecular flexibility index (Phi) is 7.12. The summed E-state index contributed by atoms with van der Waals surface area (Å²) in [5.74, 6) is 2.09. The van der Waals surface area contributed by atoms with Gasteiger partial charge in [0.15, 0.2) is 0 Å². The second-order valence-corrected chi connectivity index (χ2v) is 3.95. The summed E-state index contributed by atoms with van der Waals surface area (Å²) < 4.78 is 0. The van der Waals surface area contributed by atoms with Gasteiger partial charge in [-0.3, -0.25) is 0 Å². The molecular formula is C8H20N2S. The molecular weight excluding hydrogens is 156 g/mol. The predicted octanol–water partition coefficient (Wildman–Crippen LogP) is 1.19. The Morgan fingerprint density at radius 3 is 1.64 bits per heavy atom. The SMILES string of the molecule is CCC(N)CSCC(N)CC. The molecule has 0 fully saturated rings. The highest BCUT2D eigenvalue weighted by Gasteiger charge is 2.01. The summed E-state index contributed by atoms with van der Waals surface area (Å²) in [7, 11) is 0. The summed E-state index contributed by atoms with van der Waals surface area (Å²) >= 11 is 1.87. The zero-order valence-corrected chi connectivity index (χ0v) is 8.36. The lowest BCUT2D eigenvalue weighted by atomic mass is 10.3. The van der Waals surface area contributed by atoms with Gasteiger partial charge in [-0.25, -0.2) is 0 Å². The van der Waals surface area contributed by atoms with E-state index < -0.39 is 0 Å². The fourth-order valence-corrected chi connectivity index (χ4v) is 1.82. The minimum atomic E-state index is 0.351. The maximum absolute atomic E-state index is 5.74. The van der Waals surface area contributed by atoms with Gasteiger partial charge < -0.3 is 11.5 Å². The van der Waals surface area contributed by atoms with Crippen LogP contribution in [0.5, 0.6) is 0 Å². The van der Waals surface area contributed by atoms with Crippen molar-refractivity contribution in [2.75, 3.05) is 11.5 Å². The minimum absolute atomic E-state index is 0.351. The molecule has 3 heteroatoms. The minimum Gasteiger partial charge on any atom is -0.327 e. The summed E-state index contributed by atoms with van der Waals surface area (Å²) in [6.45, 7) is 4.23. The molecule has 0 heterocycles. The summed E-state index contributed by atoms with van der Waals surface area (Å²) in [4.78, 5) is 0. The molecule has 0 bridgehead atoms. The lowest BCUT2D eigenvalue weighted by Crippen LogP contribution is -2.25. The molecule has 2 atom stereocenters. The van der Waals surface area contributed by atoms with Crippen LogP contribution in [0.1, 0.15) is 26.7 Å². The van der Waals surface area contributed by atoms with E-state index in [1.54, 1.807) is 0 Å². The molecule has 0 radical (unpaired) electrons. The number of rotatable bonds is 6.